The third-order valence-electron chi connectivity index (χ3n) is 5.86. The quantitative estimate of drug-likeness (QED) is 0.225. The first-order valence-electron chi connectivity index (χ1n) is 11.3. The SMILES string of the molecule is C=C(CO)C(=O)OCCCc1ccc(OC(=O)C2CCC(CCCCC)CC2)cc1. The van der Waals surface area contributed by atoms with Crippen LogP contribution < -0.4 is 4.74 Å². The van der Waals surface area contributed by atoms with Gasteiger partial charge in [0.15, 0.2) is 0 Å². The molecule has 5 nitrogen and oxygen atoms in total. The van der Waals surface area contributed by atoms with Crippen LogP contribution in [0.4, 0.5) is 0 Å². The topological polar surface area (TPSA) is 72.8 Å². The molecule has 1 saturated carbocycles. The summed E-state index contributed by atoms with van der Waals surface area (Å²) in [6.45, 7) is 5.54. The van der Waals surface area contributed by atoms with Crippen LogP contribution in [-0.2, 0) is 20.7 Å². The lowest BCUT2D eigenvalue weighted by Crippen LogP contribution is -2.25. The Hall–Kier alpha value is -2.14. The summed E-state index contributed by atoms with van der Waals surface area (Å²) in [6, 6.07) is 7.51. The van der Waals surface area contributed by atoms with Gasteiger partial charge in [0.05, 0.1) is 24.7 Å². The van der Waals surface area contributed by atoms with E-state index in [2.05, 4.69) is 13.5 Å². The number of ether oxygens (including phenoxy) is 2. The van der Waals surface area contributed by atoms with E-state index >= 15 is 0 Å². The Kier molecular flexibility index (Phi) is 10.6. The molecule has 166 valence electrons. The summed E-state index contributed by atoms with van der Waals surface area (Å²) in [5, 5.41) is 8.83. The third kappa shape index (κ3) is 8.31. The van der Waals surface area contributed by atoms with Crippen LogP contribution in [0.25, 0.3) is 0 Å². The number of carbonyl (C=O) groups excluding carboxylic acids is 2. The second-order valence-corrected chi connectivity index (χ2v) is 8.28. The minimum Gasteiger partial charge on any atom is -0.462 e. The zero-order valence-electron chi connectivity index (χ0n) is 18.2. The Balaban J connectivity index is 1.67. The summed E-state index contributed by atoms with van der Waals surface area (Å²) in [7, 11) is 0. The van der Waals surface area contributed by atoms with Gasteiger partial charge in [-0.15, -0.1) is 0 Å². The standard InChI is InChI=1S/C25H36O5/c1-3-4-5-7-20-9-13-22(14-10-20)25(28)30-23-15-11-21(12-16-23)8-6-17-29-24(27)19(2)18-26/h11-12,15-16,20,22,26H,2-10,13-14,17-18H2,1H3. The fourth-order valence-corrected chi connectivity index (χ4v) is 3.90. The van der Waals surface area contributed by atoms with Gasteiger partial charge in [0, 0.05) is 0 Å². The average Bonchev–Trinajstić information content (AvgIpc) is 2.77. The highest BCUT2D eigenvalue weighted by Gasteiger charge is 2.27. The van der Waals surface area contributed by atoms with Crippen LogP contribution in [0.1, 0.15) is 70.3 Å². The van der Waals surface area contributed by atoms with Gasteiger partial charge in [0.25, 0.3) is 0 Å². The second kappa shape index (κ2) is 13.2. The van der Waals surface area contributed by atoms with Crippen LogP contribution in [0.3, 0.4) is 0 Å². The van der Waals surface area contributed by atoms with Crippen LogP contribution in [0, 0.1) is 11.8 Å². The second-order valence-electron chi connectivity index (χ2n) is 8.28. The number of esters is 2. The van der Waals surface area contributed by atoms with Crippen LogP contribution in [-0.4, -0.2) is 30.3 Å². The number of aryl methyl sites for hydroxylation is 1. The van der Waals surface area contributed by atoms with Crippen molar-refractivity contribution < 1.29 is 24.2 Å². The van der Waals surface area contributed by atoms with Gasteiger partial charge in [0.1, 0.15) is 5.75 Å². The lowest BCUT2D eigenvalue weighted by Gasteiger charge is -2.27. The van der Waals surface area contributed by atoms with Gasteiger partial charge in [-0.25, -0.2) is 4.79 Å². The molecule has 0 saturated heterocycles. The Labute approximate surface area is 180 Å². The van der Waals surface area contributed by atoms with E-state index in [1.54, 1.807) is 0 Å². The number of hydrogen-bond donors (Lipinski definition) is 1. The fourth-order valence-electron chi connectivity index (χ4n) is 3.90. The fraction of sp³-hybridized carbons (Fsp3) is 0.600. The molecule has 0 amide bonds. The van der Waals surface area contributed by atoms with E-state index in [-0.39, 0.29) is 30.7 Å². The van der Waals surface area contributed by atoms with E-state index in [0.29, 0.717) is 12.2 Å². The number of carbonyl (C=O) groups is 2. The van der Waals surface area contributed by atoms with Crippen molar-refractivity contribution in [2.75, 3.05) is 13.2 Å². The van der Waals surface area contributed by atoms with Gasteiger partial charge >= 0.3 is 11.9 Å². The molecule has 0 radical (unpaired) electrons. The van der Waals surface area contributed by atoms with Crippen molar-refractivity contribution in [1.29, 1.82) is 0 Å². The van der Waals surface area contributed by atoms with Gasteiger partial charge in [-0.05, 0) is 62.1 Å². The number of aliphatic hydroxyl groups excluding tert-OH is 1. The summed E-state index contributed by atoms with van der Waals surface area (Å²) in [5.41, 5.74) is 1.14. The molecule has 30 heavy (non-hydrogen) atoms. The Morgan fingerprint density at radius 3 is 2.40 bits per heavy atom. The molecule has 1 aromatic carbocycles. The Morgan fingerprint density at radius 2 is 1.77 bits per heavy atom. The highest BCUT2D eigenvalue weighted by molar-refractivity contribution is 5.87. The lowest BCUT2D eigenvalue weighted by atomic mass is 9.80. The molecular formula is C25H36O5. The van der Waals surface area contributed by atoms with E-state index in [4.69, 9.17) is 14.6 Å². The van der Waals surface area contributed by atoms with Gasteiger partial charge in [-0.3, -0.25) is 4.79 Å². The van der Waals surface area contributed by atoms with Gasteiger partial charge < -0.3 is 14.6 Å². The molecule has 2 rings (SSSR count). The van der Waals surface area contributed by atoms with Crippen LogP contribution in [0.15, 0.2) is 36.4 Å². The molecule has 0 aromatic heterocycles. The van der Waals surface area contributed by atoms with Crippen molar-refractivity contribution in [2.24, 2.45) is 11.8 Å². The Bertz CT molecular complexity index is 671. The minimum absolute atomic E-state index is 0.0236. The summed E-state index contributed by atoms with van der Waals surface area (Å²) >= 11 is 0. The molecule has 1 N–H and O–H groups in total. The van der Waals surface area contributed by atoms with E-state index in [1.165, 1.54) is 25.7 Å². The monoisotopic (exact) mass is 416 g/mol. The summed E-state index contributed by atoms with van der Waals surface area (Å²) in [6.07, 6.45) is 10.7. The zero-order chi connectivity index (χ0) is 21.8. The maximum atomic E-state index is 12.5. The Morgan fingerprint density at radius 1 is 1.07 bits per heavy atom. The van der Waals surface area contributed by atoms with Crippen molar-refractivity contribution in [3.63, 3.8) is 0 Å². The maximum Gasteiger partial charge on any atom is 0.335 e. The largest absolute Gasteiger partial charge is 0.462 e. The number of aliphatic hydroxyl groups is 1. The molecule has 1 fully saturated rings. The summed E-state index contributed by atoms with van der Waals surface area (Å²) < 4.78 is 10.6. The smallest absolute Gasteiger partial charge is 0.335 e. The van der Waals surface area contributed by atoms with Gasteiger partial charge in [-0.1, -0.05) is 51.3 Å². The molecule has 0 heterocycles. The van der Waals surface area contributed by atoms with Crippen LogP contribution >= 0.6 is 0 Å². The van der Waals surface area contributed by atoms with E-state index < -0.39 is 5.97 Å². The number of hydrogen-bond acceptors (Lipinski definition) is 5. The summed E-state index contributed by atoms with van der Waals surface area (Å²) in [4.78, 5) is 23.9. The molecular weight excluding hydrogens is 380 g/mol. The third-order valence-corrected chi connectivity index (χ3v) is 5.86. The first kappa shape index (κ1) is 24.1. The van der Waals surface area contributed by atoms with E-state index in [9.17, 15) is 9.59 Å². The van der Waals surface area contributed by atoms with E-state index in [0.717, 1.165) is 43.6 Å². The lowest BCUT2D eigenvalue weighted by molar-refractivity contribution is -0.140. The number of rotatable bonds is 12. The van der Waals surface area contributed by atoms with Crippen molar-refractivity contribution in [3.05, 3.63) is 42.0 Å². The van der Waals surface area contributed by atoms with Crippen molar-refractivity contribution in [1.82, 2.24) is 0 Å². The zero-order valence-corrected chi connectivity index (χ0v) is 18.2. The van der Waals surface area contributed by atoms with Crippen LogP contribution in [0.5, 0.6) is 5.75 Å². The molecule has 0 bridgehead atoms. The molecule has 0 spiro atoms. The van der Waals surface area contributed by atoms with Crippen molar-refractivity contribution in [2.45, 2.75) is 71.1 Å². The first-order valence-corrected chi connectivity index (χ1v) is 11.3. The first-order chi connectivity index (χ1) is 14.5. The average molecular weight is 417 g/mol. The highest BCUT2D eigenvalue weighted by atomic mass is 16.5. The molecule has 1 aromatic rings. The van der Waals surface area contributed by atoms with Crippen LogP contribution in [0.2, 0.25) is 0 Å². The van der Waals surface area contributed by atoms with Gasteiger partial charge in [0.2, 0.25) is 0 Å². The predicted molar refractivity (Wildman–Crippen MR) is 117 cm³/mol. The molecule has 1 aliphatic rings. The molecule has 5 heteroatoms. The molecule has 0 unspecified atom stereocenters. The van der Waals surface area contributed by atoms with Gasteiger partial charge in [-0.2, -0.15) is 0 Å². The highest BCUT2D eigenvalue weighted by Crippen LogP contribution is 2.33. The summed E-state index contributed by atoms with van der Waals surface area (Å²) in [5.74, 6) is 0.719. The maximum absolute atomic E-state index is 12.5. The molecule has 0 aliphatic heterocycles. The molecule has 0 atom stereocenters. The predicted octanol–water partition coefficient (Wildman–Crippen LogP) is 5.00. The van der Waals surface area contributed by atoms with Crippen molar-refractivity contribution >= 4 is 11.9 Å². The van der Waals surface area contributed by atoms with E-state index in [1.807, 2.05) is 24.3 Å². The number of benzene rings is 1. The minimum atomic E-state index is -0.560. The van der Waals surface area contributed by atoms with Crippen molar-refractivity contribution in [3.8, 4) is 5.75 Å². The molecule has 1 aliphatic carbocycles. The normalized spacial score (nSPS) is 18.6. The number of unbranched alkanes of at least 4 members (excludes halogenated alkanes) is 2.